The van der Waals surface area contributed by atoms with Gasteiger partial charge in [0.2, 0.25) is 0 Å². The minimum absolute atomic E-state index is 0.162. The monoisotopic (exact) mass is 387 g/mol. The number of carbonyl (C=O) groups excluding carboxylic acids is 1. The number of fused-ring (bicyclic) bond motifs is 1. The Morgan fingerprint density at radius 3 is 2.75 bits per heavy atom. The van der Waals surface area contributed by atoms with E-state index in [-0.39, 0.29) is 12.1 Å². The maximum absolute atomic E-state index is 12.5. The van der Waals surface area contributed by atoms with Crippen LogP contribution in [0.2, 0.25) is 0 Å². The van der Waals surface area contributed by atoms with E-state index < -0.39 is 0 Å². The molecule has 0 spiro atoms. The van der Waals surface area contributed by atoms with Gasteiger partial charge >= 0.3 is 6.03 Å². The zero-order valence-corrected chi connectivity index (χ0v) is 16.8. The average molecular weight is 387 g/mol. The maximum Gasteiger partial charge on any atom is 0.315 e. The lowest BCUT2D eigenvalue weighted by Crippen LogP contribution is -2.38. The molecule has 2 heterocycles. The van der Waals surface area contributed by atoms with Crippen molar-refractivity contribution in [3.05, 3.63) is 35.4 Å². The zero-order valence-electron chi connectivity index (χ0n) is 16.8. The number of urea groups is 1. The SMILES string of the molecule is CC[C@@H](NC(=O)NCc1ccc(OC)c(OC)c1)c1nnc2n1CCCCC2. The second-order valence-corrected chi connectivity index (χ2v) is 6.91. The molecule has 8 nitrogen and oxygen atoms in total. The van der Waals surface area contributed by atoms with Gasteiger partial charge in [0, 0.05) is 19.5 Å². The molecule has 0 radical (unpaired) electrons. The van der Waals surface area contributed by atoms with Gasteiger partial charge in [0.1, 0.15) is 5.82 Å². The summed E-state index contributed by atoms with van der Waals surface area (Å²) in [6.07, 6.45) is 5.18. The Bertz CT molecular complexity index is 805. The van der Waals surface area contributed by atoms with Crippen LogP contribution in [-0.2, 0) is 19.5 Å². The molecule has 8 heteroatoms. The fourth-order valence-corrected chi connectivity index (χ4v) is 3.50. The minimum Gasteiger partial charge on any atom is -0.493 e. The second kappa shape index (κ2) is 9.43. The zero-order chi connectivity index (χ0) is 19.9. The number of aryl methyl sites for hydroxylation is 1. The van der Waals surface area contributed by atoms with Gasteiger partial charge in [0.05, 0.1) is 20.3 Å². The van der Waals surface area contributed by atoms with Crippen LogP contribution in [0.15, 0.2) is 18.2 Å². The van der Waals surface area contributed by atoms with Crippen molar-refractivity contribution in [3.8, 4) is 11.5 Å². The highest BCUT2D eigenvalue weighted by Crippen LogP contribution is 2.27. The predicted molar refractivity (Wildman–Crippen MR) is 106 cm³/mol. The largest absolute Gasteiger partial charge is 0.493 e. The van der Waals surface area contributed by atoms with Crippen molar-refractivity contribution in [2.75, 3.05) is 14.2 Å². The standard InChI is InChI=1S/C20H29N5O3/c1-4-15(19-24-23-18-8-6-5-7-11-25(18)19)22-20(26)21-13-14-9-10-16(27-2)17(12-14)28-3/h9-10,12,15H,4-8,11,13H2,1-3H3,(H2,21,22,26)/t15-/m1/s1. The second-order valence-electron chi connectivity index (χ2n) is 6.91. The third-order valence-corrected chi connectivity index (χ3v) is 5.06. The summed E-state index contributed by atoms with van der Waals surface area (Å²) in [7, 11) is 3.19. The van der Waals surface area contributed by atoms with E-state index in [9.17, 15) is 4.79 Å². The van der Waals surface area contributed by atoms with Gasteiger partial charge in [-0.05, 0) is 37.0 Å². The first-order chi connectivity index (χ1) is 13.7. The van der Waals surface area contributed by atoms with Crippen molar-refractivity contribution in [1.82, 2.24) is 25.4 Å². The number of nitrogens with zero attached hydrogens (tertiary/aromatic N) is 3. The molecule has 28 heavy (non-hydrogen) atoms. The van der Waals surface area contributed by atoms with E-state index in [1.54, 1.807) is 14.2 Å². The van der Waals surface area contributed by atoms with Crippen LogP contribution < -0.4 is 20.1 Å². The number of rotatable bonds is 7. The molecular weight excluding hydrogens is 358 g/mol. The summed E-state index contributed by atoms with van der Waals surface area (Å²) in [4.78, 5) is 12.5. The highest BCUT2D eigenvalue weighted by Gasteiger charge is 2.22. The van der Waals surface area contributed by atoms with Crippen LogP contribution in [0.25, 0.3) is 0 Å². The Labute approximate surface area is 165 Å². The summed E-state index contributed by atoms with van der Waals surface area (Å²) >= 11 is 0. The third kappa shape index (κ3) is 4.55. The van der Waals surface area contributed by atoms with E-state index in [4.69, 9.17) is 9.47 Å². The molecule has 0 saturated heterocycles. The number of hydrogen-bond acceptors (Lipinski definition) is 5. The van der Waals surface area contributed by atoms with Crippen LogP contribution in [-0.4, -0.2) is 35.0 Å². The molecule has 0 fully saturated rings. The molecule has 0 bridgehead atoms. The first-order valence-electron chi connectivity index (χ1n) is 9.83. The number of ether oxygens (including phenoxy) is 2. The summed E-state index contributed by atoms with van der Waals surface area (Å²) in [5, 5.41) is 14.6. The average Bonchev–Trinajstić information content (AvgIpc) is 2.97. The molecule has 0 unspecified atom stereocenters. The van der Waals surface area contributed by atoms with Crippen LogP contribution >= 0.6 is 0 Å². The quantitative estimate of drug-likeness (QED) is 0.762. The summed E-state index contributed by atoms with van der Waals surface area (Å²) in [6.45, 7) is 3.35. The van der Waals surface area contributed by atoms with Crippen molar-refractivity contribution >= 4 is 6.03 Å². The van der Waals surface area contributed by atoms with Gasteiger partial charge in [-0.15, -0.1) is 10.2 Å². The highest BCUT2D eigenvalue weighted by atomic mass is 16.5. The number of hydrogen-bond donors (Lipinski definition) is 2. The Hall–Kier alpha value is -2.77. The van der Waals surface area contributed by atoms with E-state index in [1.807, 2.05) is 25.1 Å². The van der Waals surface area contributed by atoms with Crippen molar-refractivity contribution in [3.63, 3.8) is 0 Å². The molecule has 1 atom stereocenters. The molecule has 152 valence electrons. The molecule has 0 aliphatic carbocycles. The molecule has 1 aliphatic heterocycles. The normalized spacial score (nSPS) is 14.5. The maximum atomic E-state index is 12.5. The smallest absolute Gasteiger partial charge is 0.315 e. The number of benzene rings is 1. The first kappa shape index (κ1) is 20.0. The summed E-state index contributed by atoms with van der Waals surface area (Å²) in [6, 6.07) is 5.19. The summed E-state index contributed by atoms with van der Waals surface area (Å²) in [5.41, 5.74) is 0.928. The number of amides is 2. The van der Waals surface area contributed by atoms with Gasteiger partial charge in [-0.25, -0.2) is 4.79 Å². The van der Waals surface area contributed by atoms with Gasteiger partial charge < -0.3 is 24.7 Å². The lowest BCUT2D eigenvalue weighted by atomic mass is 10.2. The van der Waals surface area contributed by atoms with Crippen LogP contribution in [0.1, 0.15) is 55.9 Å². The molecule has 2 N–H and O–H groups in total. The van der Waals surface area contributed by atoms with Gasteiger partial charge in [-0.3, -0.25) is 0 Å². The molecule has 2 amide bonds. The molecule has 1 aromatic heterocycles. The number of carbonyl (C=O) groups is 1. The van der Waals surface area contributed by atoms with Gasteiger partial charge in [-0.2, -0.15) is 0 Å². The molecule has 2 aromatic rings. The summed E-state index contributed by atoms with van der Waals surface area (Å²) in [5.74, 6) is 3.17. The van der Waals surface area contributed by atoms with Gasteiger partial charge in [0.25, 0.3) is 0 Å². The number of nitrogens with one attached hydrogen (secondary N) is 2. The third-order valence-electron chi connectivity index (χ3n) is 5.06. The van der Waals surface area contributed by atoms with Crippen LogP contribution in [0, 0.1) is 0 Å². The van der Waals surface area contributed by atoms with E-state index in [2.05, 4.69) is 25.4 Å². The van der Waals surface area contributed by atoms with Crippen molar-refractivity contribution in [1.29, 1.82) is 0 Å². The van der Waals surface area contributed by atoms with E-state index in [0.29, 0.717) is 18.0 Å². The van der Waals surface area contributed by atoms with Gasteiger partial charge in [0.15, 0.2) is 17.3 Å². The Balaban J connectivity index is 1.61. The minimum atomic E-state index is -0.229. The predicted octanol–water partition coefficient (Wildman–Crippen LogP) is 2.97. The van der Waals surface area contributed by atoms with E-state index in [1.165, 1.54) is 6.42 Å². The lowest BCUT2D eigenvalue weighted by molar-refractivity contribution is 0.235. The van der Waals surface area contributed by atoms with Crippen LogP contribution in [0.3, 0.4) is 0 Å². The molecule has 1 aromatic carbocycles. The Morgan fingerprint density at radius 1 is 1.18 bits per heavy atom. The highest BCUT2D eigenvalue weighted by molar-refractivity contribution is 5.74. The molecule has 0 saturated carbocycles. The lowest BCUT2D eigenvalue weighted by Gasteiger charge is -2.18. The van der Waals surface area contributed by atoms with Crippen molar-refractivity contribution in [2.45, 2.75) is 58.2 Å². The topological polar surface area (TPSA) is 90.3 Å². The van der Waals surface area contributed by atoms with Crippen molar-refractivity contribution < 1.29 is 14.3 Å². The number of aromatic nitrogens is 3. The van der Waals surface area contributed by atoms with Crippen LogP contribution in [0.4, 0.5) is 4.79 Å². The fraction of sp³-hybridized carbons (Fsp3) is 0.550. The number of methoxy groups -OCH3 is 2. The van der Waals surface area contributed by atoms with Gasteiger partial charge in [-0.1, -0.05) is 19.4 Å². The Kier molecular flexibility index (Phi) is 6.73. The van der Waals surface area contributed by atoms with Crippen molar-refractivity contribution in [2.24, 2.45) is 0 Å². The molecule has 1 aliphatic rings. The first-order valence-corrected chi connectivity index (χ1v) is 9.83. The van der Waals surface area contributed by atoms with E-state index >= 15 is 0 Å². The summed E-state index contributed by atoms with van der Waals surface area (Å²) < 4.78 is 12.7. The van der Waals surface area contributed by atoms with Crippen LogP contribution in [0.5, 0.6) is 11.5 Å². The Morgan fingerprint density at radius 2 is 2.00 bits per heavy atom. The molecule has 3 rings (SSSR count). The fourth-order valence-electron chi connectivity index (χ4n) is 3.50. The van der Waals surface area contributed by atoms with E-state index in [0.717, 1.165) is 49.4 Å². The molecular formula is C20H29N5O3.